The molecule has 9 nitrogen and oxygen atoms in total. The number of oxazole rings is 1. The number of nitrogens with one attached hydrogen (secondary N) is 2. The number of aryl methyl sites for hydroxylation is 1. The van der Waals surface area contributed by atoms with Crippen LogP contribution in [-0.2, 0) is 6.54 Å². The van der Waals surface area contributed by atoms with Crippen molar-refractivity contribution in [2.24, 2.45) is 5.84 Å². The van der Waals surface area contributed by atoms with Gasteiger partial charge in [-0.1, -0.05) is 0 Å². The zero-order valence-corrected chi connectivity index (χ0v) is 11.1. The largest absolute Gasteiger partial charge is 0.444 e. The van der Waals surface area contributed by atoms with E-state index in [1.165, 1.54) is 18.2 Å². The van der Waals surface area contributed by atoms with Gasteiger partial charge in [0.05, 0.1) is 17.7 Å². The maximum absolute atomic E-state index is 12.0. The molecule has 4 N–H and O–H groups in total. The second kappa shape index (κ2) is 6.01. The Morgan fingerprint density at radius 2 is 2.29 bits per heavy atom. The summed E-state index contributed by atoms with van der Waals surface area (Å²) in [5.74, 6) is 5.81. The Bertz CT molecular complexity index is 682. The Labute approximate surface area is 119 Å². The number of aromatic nitrogens is 1. The highest BCUT2D eigenvalue weighted by Crippen LogP contribution is 2.24. The lowest BCUT2D eigenvalue weighted by molar-refractivity contribution is -0.384. The summed E-state index contributed by atoms with van der Waals surface area (Å²) in [5, 5.41) is 13.4. The monoisotopic (exact) mass is 291 g/mol. The highest BCUT2D eigenvalue weighted by molar-refractivity contribution is 5.95. The maximum atomic E-state index is 12.0. The number of carbonyl (C=O) groups is 1. The Morgan fingerprint density at radius 3 is 2.86 bits per heavy atom. The third-order valence-electron chi connectivity index (χ3n) is 2.68. The summed E-state index contributed by atoms with van der Waals surface area (Å²) in [7, 11) is 0. The summed E-state index contributed by atoms with van der Waals surface area (Å²) in [5.41, 5.74) is 2.27. The van der Waals surface area contributed by atoms with Crippen LogP contribution in [0.1, 0.15) is 22.0 Å². The van der Waals surface area contributed by atoms with Crippen molar-refractivity contribution in [2.45, 2.75) is 13.5 Å². The SMILES string of the molecule is Cc1cnc(CNC(=O)c2ccc([N+](=O)[O-])c(NN)c2)o1. The normalized spacial score (nSPS) is 10.2. The average Bonchev–Trinajstić information content (AvgIpc) is 2.89. The first kappa shape index (κ1) is 14.5. The van der Waals surface area contributed by atoms with Crippen molar-refractivity contribution in [2.75, 3.05) is 5.43 Å². The van der Waals surface area contributed by atoms with Gasteiger partial charge in [-0.15, -0.1) is 0 Å². The Kier molecular flexibility index (Phi) is 4.14. The molecule has 0 bridgehead atoms. The third-order valence-corrected chi connectivity index (χ3v) is 2.68. The fourth-order valence-corrected chi connectivity index (χ4v) is 1.69. The van der Waals surface area contributed by atoms with Crippen molar-refractivity contribution >= 4 is 17.3 Å². The van der Waals surface area contributed by atoms with Gasteiger partial charge in [-0.25, -0.2) is 4.98 Å². The van der Waals surface area contributed by atoms with Crippen LogP contribution in [0.15, 0.2) is 28.8 Å². The molecule has 1 aromatic heterocycles. The van der Waals surface area contributed by atoms with Crippen LogP contribution in [0.4, 0.5) is 11.4 Å². The fourth-order valence-electron chi connectivity index (χ4n) is 1.69. The number of hydrogen-bond acceptors (Lipinski definition) is 7. The van der Waals surface area contributed by atoms with Crippen molar-refractivity contribution in [3.05, 3.63) is 51.7 Å². The van der Waals surface area contributed by atoms with E-state index in [1.54, 1.807) is 13.1 Å². The summed E-state index contributed by atoms with van der Waals surface area (Å²) >= 11 is 0. The average molecular weight is 291 g/mol. The Morgan fingerprint density at radius 1 is 1.52 bits per heavy atom. The van der Waals surface area contributed by atoms with Crippen molar-refractivity contribution in [3.8, 4) is 0 Å². The minimum absolute atomic E-state index is 0.0552. The number of anilines is 1. The van der Waals surface area contributed by atoms with Crippen molar-refractivity contribution in [1.29, 1.82) is 0 Å². The molecule has 0 aliphatic rings. The molecule has 9 heteroatoms. The van der Waals surface area contributed by atoms with E-state index in [0.717, 1.165) is 0 Å². The molecule has 1 amide bonds. The quantitative estimate of drug-likeness (QED) is 0.426. The topological polar surface area (TPSA) is 136 Å². The predicted octanol–water partition coefficient (Wildman–Crippen LogP) is 1.11. The number of nitrogens with zero attached hydrogens (tertiary/aromatic N) is 2. The van der Waals surface area contributed by atoms with E-state index < -0.39 is 10.8 Å². The van der Waals surface area contributed by atoms with E-state index in [2.05, 4.69) is 15.7 Å². The molecular weight excluding hydrogens is 278 g/mol. The number of carbonyl (C=O) groups excluding carboxylic acids is 1. The number of hydrogen-bond donors (Lipinski definition) is 3. The number of nitrogens with two attached hydrogens (primary N) is 1. The number of amides is 1. The first-order valence-electron chi connectivity index (χ1n) is 5.96. The van der Waals surface area contributed by atoms with Gasteiger partial charge in [0.25, 0.3) is 11.6 Å². The van der Waals surface area contributed by atoms with Gasteiger partial charge < -0.3 is 15.2 Å². The molecule has 0 saturated carbocycles. The number of nitrogen functional groups attached to an aromatic ring is 1. The van der Waals surface area contributed by atoms with Crippen LogP contribution >= 0.6 is 0 Å². The predicted molar refractivity (Wildman–Crippen MR) is 73.3 cm³/mol. The van der Waals surface area contributed by atoms with E-state index in [4.69, 9.17) is 10.3 Å². The fraction of sp³-hybridized carbons (Fsp3) is 0.167. The van der Waals surface area contributed by atoms with Gasteiger partial charge in [-0.3, -0.25) is 20.8 Å². The smallest absolute Gasteiger partial charge is 0.293 e. The molecule has 1 heterocycles. The minimum Gasteiger partial charge on any atom is -0.444 e. The molecule has 2 aromatic rings. The highest BCUT2D eigenvalue weighted by atomic mass is 16.6. The summed E-state index contributed by atoms with van der Waals surface area (Å²) in [6.07, 6.45) is 1.55. The lowest BCUT2D eigenvalue weighted by atomic mass is 10.1. The molecule has 0 saturated heterocycles. The molecule has 0 radical (unpaired) electrons. The second-order valence-electron chi connectivity index (χ2n) is 4.18. The van der Waals surface area contributed by atoms with Gasteiger partial charge in [0.1, 0.15) is 11.4 Å². The molecule has 2 rings (SSSR count). The molecule has 0 aliphatic heterocycles. The molecule has 21 heavy (non-hydrogen) atoms. The van der Waals surface area contributed by atoms with Crippen LogP contribution in [0.5, 0.6) is 0 Å². The molecule has 0 spiro atoms. The number of benzene rings is 1. The lowest BCUT2D eigenvalue weighted by Crippen LogP contribution is -2.23. The van der Waals surface area contributed by atoms with Crippen LogP contribution in [0.3, 0.4) is 0 Å². The van der Waals surface area contributed by atoms with Gasteiger partial charge in [0.2, 0.25) is 5.89 Å². The van der Waals surface area contributed by atoms with E-state index in [0.29, 0.717) is 11.7 Å². The summed E-state index contributed by atoms with van der Waals surface area (Å²) < 4.78 is 5.22. The van der Waals surface area contributed by atoms with E-state index in [1.807, 2.05) is 0 Å². The number of nitro groups is 1. The van der Waals surface area contributed by atoms with Crippen molar-refractivity contribution < 1.29 is 14.1 Å². The van der Waals surface area contributed by atoms with Gasteiger partial charge in [0, 0.05) is 11.6 Å². The first-order chi connectivity index (χ1) is 10.0. The summed E-state index contributed by atoms with van der Waals surface area (Å²) in [6.45, 7) is 1.86. The van der Waals surface area contributed by atoms with Gasteiger partial charge in [-0.05, 0) is 19.1 Å². The van der Waals surface area contributed by atoms with E-state index in [-0.39, 0.29) is 23.5 Å². The van der Waals surface area contributed by atoms with E-state index in [9.17, 15) is 14.9 Å². The maximum Gasteiger partial charge on any atom is 0.293 e. The van der Waals surface area contributed by atoms with Gasteiger partial charge in [0.15, 0.2) is 0 Å². The molecule has 110 valence electrons. The van der Waals surface area contributed by atoms with Crippen LogP contribution in [0, 0.1) is 17.0 Å². The number of nitro benzene ring substituents is 1. The van der Waals surface area contributed by atoms with E-state index >= 15 is 0 Å². The zero-order chi connectivity index (χ0) is 15.4. The molecule has 1 aromatic carbocycles. The Balaban J connectivity index is 2.10. The van der Waals surface area contributed by atoms with Crippen LogP contribution in [0.2, 0.25) is 0 Å². The summed E-state index contributed by atoms with van der Waals surface area (Å²) in [6, 6.07) is 3.85. The zero-order valence-electron chi connectivity index (χ0n) is 11.1. The summed E-state index contributed by atoms with van der Waals surface area (Å²) in [4.78, 5) is 26.1. The molecule has 0 fully saturated rings. The standard InChI is InChI=1S/C12H13N5O4/c1-7-5-14-11(21-7)6-15-12(18)8-2-3-10(17(19)20)9(4-8)16-13/h2-5,16H,6,13H2,1H3,(H,15,18). The third kappa shape index (κ3) is 3.34. The molecule has 0 unspecified atom stereocenters. The number of hydrazine groups is 1. The molecule has 0 aliphatic carbocycles. The highest BCUT2D eigenvalue weighted by Gasteiger charge is 2.16. The van der Waals surface area contributed by atoms with Gasteiger partial charge >= 0.3 is 0 Å². The number of rotatable bonds is 5. The lowest BCUT2D eigenvalue weighted by Gasteiger charge is -2.06. The second-order valence-corrected chi connectivity index (χ2v) is 4.18. The first-order valence-corrected chi connectivity index (χ1v) is 5.96. The van der Waals surface area contributed by atoms with Crippen LogP contribution in [0.25, 0.3) is 0 Å². The van der Waals surface area contributed by atoms with Crippen molar-refractivity contribution in [1.82, 2.24) is 10.3 Å². The Hall–Kier alpha value is -2.94. The van der Waals surface area contributed by atoms with Crippen LogP contribution < -0.4 is 16.6 Å². The van der Waals surface area contributed by atoms with Gasteiger partial charge in [-0.2, -0.15) is 0 Å². The molecule has 0 atom stereocenters. The van der Waals surface area contributed by atoms with Crippen molar-refractivity contribution in [3.63, 3.8) is 0 Å². The minimum atomic E-state index is -0.591. The van der Waals surface area contributed by atoms with Crippen LogP contribution in [-0.4, -0.2) is 15.8 Å². The molecular formula is C12H13N5O4.